The second kappa shape index (κ2) is 11.6. The van der Waals surface area contributed by atoms with Crippen LogP contribution < -0.4 is 14.2 Å². The molecular formula is C32H37NO6. The number of hydrogen-bond acceptors (Lipinski definition) is 7. The van der Waals surface area contributed by atoms with E-state index < -0.39 is 11.8 Å². The van der Waals surface area contributed by atoms with Crippen molar-refractivity contribution in [2.75, 3.05) is 20.8 Å². The molecule has 0 spiro atoms. The Morgan fingerprint density at radius 1 is 0.923 bits per heavy atom. The number of Topliss-reactive ketones (excluding diaryl/α,β-unsaturated/α-hetero) is 1. The zero-order valence-corrected chi connectivity index (χ0v) is 23.2. The lowest BCUT2D eigenvalue weighted by molar-refractivity contribution is -0.144. The molecule has 0 radical (unpaired) electrons. The van der Waals surface area contributed by atoms with Crippen LogP contribution in [0.3, 0.4) is 0 Å². The summed E-state index contributed by atoms with van der Waals surface area (Å²) in [5.41, 5.74) is 3.81. The fourth-order valence-electron chi connectivity index (χ4n) is 6.29. The molecule has 5 rings (SSSR count). The summed E-state index contributed by atoms with van der Waals surface area (Å²) in [6, 6.07) is 13.5. The van der Waals surface area contributed by atoms with Crippen LogP contribution in [0.5, 0.6) is 17.2 Å². The normalized spacial score (nSPS) is 23.2. The van der Waals surface area contributed by atoms with E-state index in [1.807, 2.05) is 56.3 Å². The lowest BCUT2D eigenvalue weighted by Gasteiger charge is -2.38. The third-order valence-electron chi connectivity index (χ3n) is 8.18. The zero-order valence-electron chi connectivity index (χ0n) is 23.2. The molecule has 39 heavy (non-hydrogen) atoms. The first-order valence-electron chi connectivity index (χ1n) is 13.9. The standard InChI is InChI=1S/C32H37NO6/c1-5-38-27-15-12-21(18-28(27)37-4)30-29(32(35)39-24-8-6-7-9-24)19(2)33-25-16-22(17-26(34)31(25)30)20-10-13-23(36-3)14-11-20/h10-15,18,22,24,30-31H,5-9,16-17H2,1-4H3/t22-,30-,31?/m1/s1. The lowest BCUT2D eigenvalue weighted by atomic mass is 9.66. The van der Waals surface area contributed by atoms with E-state index in [1.165, 1.54) is 0 Å². The van der Waals surface area contributed by atoms with E-state index in [0.717, 1.165) is 48.3 Å². The number of ether oxygens (including phenoxy) is 4. The number of allylic oxidation sites excluding steroid dienone is 1. The van der Waals surface area contributed by atoms with Crippen LogP contribution in [0.4, 0.5) is 0 Å². The fourth-order valence-corrected chi connectivity index (χ4v) is 6.29. The Labute approximate surface area is 230 Å². The average Bonchev–Trinajstić information content (AvgIpc) is 3.45. The van der Waals surface area contributed by atoms with Gasteiger partial charge in [0.1, 0.15) is 17.6 Å². The van der Waals surface area contributed by atoms with Crippen LogP contribution in [0.1, 0.15) is 75.3 Å². The number of nitrogens with zero attached hydrogens (tertiary/aromatic N) is 1. The van der Waals surface area contributed by atoms with Crippen molar-refractivity contribution in [2.45, 2.75) is 70.3 Å². The minimum absolute atomic E-state index is 0.0220. The summed E-state index contributed by atoms with van der Waals surface area (Å²) in [7, 11) is 3.23. The Balaban J connectivity index is 1.55. The quantitative estimate of drug-likeness (QED) is 0.379. The van der Waals surface area contributed by atoms with Gasteiger partial charge in [-0.15, -0.1) is 0 Å². The molecular weight excluding hydrogens is 494 g/mol. The van der Waals surface area contributed by atoms with Gasteiger partial charge in [-0.25, -0.2) is 4.79 Å². The van der Waals surface area contributed by atoms with Crippen LogP contribution in [-0.4, -0.2) is 44.4 Å². The molecule has 2 saturated carbocycles. The van der Waals surface area contributed by atoms with Crippen molar-refractivity contribution in [3.8, 4) is 17.2 Å². The number of methoxy groups -OCH3 is 2. The highest BCUT2D eigenvalue weighted by atomic mass is 16.5. The predicted molar refractivity (Wildman–Crippen MR) is 149 cm³/mol. The van der Waals surface area contributed by atoms with E-state index in [2.05, 4.69) is 0 Å². The van der Waals surface area contributed by atoms with Gasteiger partial charge in [0, 0.05) is 23.7 Å². The number of hydrogen-bond donors (Lipinski definition) is 0. The van der Waals surface area contributed by atoms with Gasteiger partial charge in [0.15, 0.2) is 11.5 Å². The minimum atomic E-state index is -0.531. The highest BCUT2D eigenvalue weighted by Crippen LogP contribution is 2.47. The van der Waals surface area contributed by atoms with Gasteiger partial charge in [-0.3, -0.25) is 9.79 Å². The van der Waals surface area contributed by atoms with E-state index in [0.29, 0.717) is 42.2 Å². The van der Waals surface area contributed by atoms with E-state index in [1.54, 1.807) is 14.2 Å². The number of fused-ring (bicyclic) bond motifs is 1. The topological polar surface area (TPSA) is 83.4 Å². The zero-order chi connectivity index (χ0) is 27.5. The number of carbonyl (C=O) groups is 2. The van der Waals surface area contributed by atoms with Crippen molar-refractivity contribution < 1.29 is 28.5 Å². The number of rotatable bonds is 8. The summed E-state index contributed by atoms with van der Waals surface area (Å²) in [5, 5.41) is 0. The van der Waals surface area contributed by atoms with Crippen molar-refractivity contribution >= 4 is 17.5 Å². The van der Waals surface area contributed by atoms with Crippen LogP contribution in [-0.2, 0) is 14.3 Å². The molecule has 0 aromatic heterocycles. The second-order valence-electron chi connectivity index (χ2n) is 10.6. The summed E-state index contributed by atoms with van der Waals surface area (Å²) < 4.78 is 22.6. The molecule has 2 aliphatic carbocycles. The highest BCUT2D eigenvalue weighted by Gasteiger charge is 2.46. The maximum absolute atomic E-state index is 13.9. The Hall–Kier alpha value is -3.61. The Morgan fingerprint density at radius 3 is 2.31 bits per heavy atom. The van der Waals surface area contributed by atoms with Gasteiger partial charge >= 0.3 is 5.97 Å². The smallest absolute Gasteiger partial charge is 0.336 e. The first kappa shape index (κ1) is 27.0. The number of aliphatic imine (C=N–C) groups is 1. The van der Waals surface area contributed by atoms with E-state index in [4.69, 9.17) is 23.9 Å². The summed E-state index contributed by atoms with van der Waals surface area (Å²) in [5.74, 6) is 0.675. The van der Waals surface area contributed by atoms with Gasteiger partial charge in [0.05, 0.1) is 32.3 Å². The highest BCUT2D eigenvalue weighted by molar-refractivity contribution is 6.12. The lowest BCUT2D eigenvalue weighted by Crippen LogP contribution is -2.41. The molecule has 2 fully saturated rings. The molecule has 3 atom stereocenters. The molecule has 2 aromatic rings. The molecule has 0 amide bonds. The molecule has 7 heteroatoms. The Morgan fingerprint density at radius 2 is 1.64 bits per heavy atom. The first-order valence-corrected chi connectivity index (χ1v) is 13.9. The molecule has 1 heterocycles. The molecule has 1 aliphatic heterocycles. The van der Waals surface area contributed by atoms with E-state index in [9.17, 15) is 9.59 Å². The molecule has 206 valence electrons. The van der Waals surface area contributed by atoms with Crippen LogP contribution in [0.25, 0.3) is 0 Å². The maximum Gasteiger partial charge on any atom is 0.336 e. The van der Waals surface area contributed by atoms with Gasteiger partial charge in [0.2, 0.25) is 0 Å². The second-order valence-corrected chi connectivity index (χ2v) is 10.6. The molecule has 0 bridgehead atoms. The van der Waals surface area contributed by atoms with Crippen molar-refractivity contribution in [1.29, 1.82) is 0 Å². The van der Waals surface area contributed by atoms with Crippen LogP contribution in [0, 0.1) is 5.92 Å². The van der Waals surface area contributed by atoms with Crippen LogP contribution in [0.2, 0.25) is 0 Å². The van der Waals surface area contributed by atoms with Gasteiger partial charge in [0.25, 0.3) is 0 Å². The predicted octanol–water partition coefficient (Wildman–Crippen LogP) is 6.16. The SMILES string of the molecule is CCOc1ccc([C@@H]2C(C(=O)OC3CCCC3)=C(C)N=C3C[C@@H](c4ccc(OC)cc4)CC(=O)C32)cc1OC. The number of carbonyl (C=O) groups excluding carboxylic acids is 2. The van der Waals surface area contributed by atoms with Crippen LogP contribution >= 0.6 is 0 Å². The van der Waals surface area contributed by atoms with E-state index >= 15 is 0 Å². The summed E-state index contributed by atoms with van der Waals surface area (Å²) in [6.45, 7) is 4.27. The molecule has 7 nitrogen and oxygen atoms in total. The Kier molecular flexibility index (Phi) is 8.05. The van der Waals surface area contributed by atoms with Gasteiger partial charge in [-0.05, 0) is 87.3 Å². The van der Waals surface area contributed by atoms with Crippen molar-refractivity contribution in [2.24, 2.45) is 10.9 Å². The van der Waals surface area contributed by atoms with E-state index in [-0.39, 0.29) is 23.8 Å². The summed E-state index contributed by atoms with van der Waals surface area (Å²) >= 11 is 0. The fraction of sp³-hybridized carbons (Fsp3) is 0.469. The van der Waals surface area contributed by atoms with Crippen molar-refractivity contribution in [3.63, 3.8) is 0 Å². The Bertz CT molecular complexity index is 1290. The summed E-state index contributed by atoms with van der Waals surface area (Å²) in [6.07, 6.45) is 4.82. The third-order valence-corrected chi connectivity index (χ3v) is 8.18. The monoisotopic (exact) mass is 531 g/mol. The average molecular weight is 532 g/mol. The largest absolute Gasteiger partial charge is 0.497 e. The molecule has 3 aliphatic rings. The first-order chi connectivity index (χ1) is 18.9. The van der Waals surface area contributed by atoms with Gasteiger partial charge in [-0.1, -0.05) is 18.2 Å². The number of benzene rings is 2. The van der Waals surface area contributed by atoms with Crippen LogP contribution in [0.15, 0.2) is 58.7 Å². The summed E-state index contributed by atoms with van der Waals surface area (Å²) in [4.78, 5) is 32.5. The maximum atomic E-state index is 13.9. The molecule has 1 unspecified atom stereocenters. The van der Waals surface area contributed by atoms with Gasteiger partial charge in [-0.2, -0.15) is 0 Å². The molecule has 2 aromatic carbocycles. The number of esters is 1. The molecule has 0 saturated heterocycles. The molecule has 0 N–H and O–H groups in total. The van der Waals surface area contributed by atoms with Gasteiger partial charge < -0.3 is 18.9 Å². The van der Waals surface area contributed by atoms with Crippen molar-refractivity contribution in [1.82, 2.24) is 0 Å². The van der Waals surface area contributed by atoms with Crippen molar-refractivity contribution in [3.05, 3.63) is 64.9 Å². The third kappa shape index (κ3) is 5.45. The number of ketones is 1. The minimum Gasteiger partial charge on any atom is -0.497 e.